The number of aliphatic hydroxyl groups is 1. The lowest BCUT2D eigenvalue weighted by Crippen LogP contribution is -2.31. The SMILES string of the molecule is COc1c(N)cccc1C(=O)N1CC2CCC(O)C2C1. The number of benzene rings is 1. The Kier molecular flexibility index (Phi) is 3.30. The molecule has 1 amide bonds. The molecule has 1 aliphatic heterocycles. The summed E-state index contributed by atoms with van der Waals surface area (Å²) in [7, 11) is 1.52. The van der Waals surface area contributed by atoms with Gasteiger partial charge >= 0.3 is 0 Å². The molecular weight excluding hydrogens is 256 g/mol. The fourth-order valence-corrected chi connectivity index (χ4v) is 3.52. The average Bonchev–Trinajstić information content (AvgIpc) is 3.00. The fourth-order valence-electron chi connectivity index (χ4n) is 3.52. The minimum Gasteiger partial charge on any atom is -0.494 e. The van der Waals surface area contributed by atoms with Crippen LogP contribution in [0.15, 0.2) is 18.2 Å². The van der Waals surface area contributed by atoms with Crippen molar-refractivity contribution >= 4 is 11.6 Å². The van der Waals surface area contributed by atoms with Gasteiger partial charge in [-0.2, -0.15) is 0 Å². The quantitative estimate of drug-likeness (QED) is 0.794. The number of methoxy groups -OCH3 is 1. The topological polar surface area (TPSA) is 75.8 Å². The van der Waals surface area contributed by atoms with Crippen LogP contribution in [-0.4, -0.2) is 42.2 Å². The van der Waals surface area contributed by atoms with Crippen LogP contribution >= 0.6 is 0 Å². The lowest BCUT2D eigenvalue weighted by atomic mass is 10.00. The minimum atomic E-state index is -0.263. The molecule has 1 aromatic rings. The molecule has 2 fully saturated rings. The summed E-state index contributed by atoms with van der Waals surface area (Å²) in [6.07, 6.45) is 1.60. The second-order valence-electron chi connectivity index (χ2n) is 5.71. The maximum absolute atomic E-state index is 12.6. The molecule has 20 heavy (non-hydrogen) atoms. The summed E-state index contributed by atoms with van der Waals surface area (Å²) in [5, 5.41) is 9.93. The van der Waals surface area contributed by atoms with Gasteiger partial charge in [0.15, 0.2) is 5.75 Å². The van der Waals surface area contributed by atoms with E-state index in [2.05, 4.69) is 0 Å². The van der Waals surface area contributed by atoms with Gasteiger partial charge in [-0.25, -0.2) is 0 Å². The van der Waals surface area contributed by atoms with Crippen LogP contribution in [0, 0.1) is 11.8 Å². The van der Waals surface area contributed by atoms with Gasteiger partial charge in [-0.05, 0) is 30.9 Å². The molecule has 108 valence electrons. The van der Waals surface area contributed by atoms with Crippen molar-refractivity contribution in [3.05, 3.63) is 23.8 Å². The maximum Gasteiger partial charge on any atom is 0.257 e. The van der Waals surface area contributed by atoms with E-state index in [-0.39, 0.29) is 17.9 Å². The molecule has 3 N–H and O–H groups in total. The highest BCUT2D eigenvalue weighted by atomic mass is 16.5. The van der Waals surface area contributed by atoms with Gasteiger partial charge in [-0.3, -0.25) is 4.79 Å². The van der Waals surface area contributed by atoms with E-state index in [0.717, 1.165) is 19.4 Å². The van der Waals surface area contributed by atoms with E-state index in [1.165, 1.54) is 7.11 Å². The molecule has 3 unspecified atom stereocenters. The van der Waals surface area contributed by atoms with E-state index in [9.17, 15) is 9.90 Å². The van der Waals surface area contributed by atoms with Gasteiger partial charge in [0.05, 0.1) is 24.5 Å². The summed E-state index contributed by atoms with van der Waals surface area (Å²) in [5.41, 5.74) is 6.82. The van der Waals surface area contributed by atoms with Crippen molar-refractivity contribution in [2.45, 2.75) is 18.9 Å². The highest BCUT2D eigenvalue weighted by Gasteiger charge is 2.43. The number of rotatable bonds is 2. The molecule has 3 rings (SSSR count). The number of hydrogen-bond acceptors (Lipinski definition) is 4. The van der Waals surface area contributed by atoms with Crippen LogP contribution in [0.1, 0.15) is 23.2 Å². The molecule has 1 aliphatic carbocycles. The molecule has 1 heterocycles. The number of amides is 1. The van der Waals surface area contributed by atoms with Gasteiger partial charge in [-0.1, -0.05) is 6.07 Å². The van der Waals surface area contributed by atoms with Crippen LogP contribution in [0.3, 0.4) is 0 Å². The number of para-hydroxylation sites is 1. The third kappa shape index (κ3) is 2.02. The van der Waals surface area contributed by atoms with E-state index in [1.54, 1.807) is 18.2 Å². The Morgan fingerprint density at radius 3 is 2.90 bits per heavy atom. The van der Waals surface area contributed by atoms with Gasteiger partial charge in [0.1, 0.15) is 0 Å². The van der Waals surface area contributed by atoms with Crippen molar-refractivity contribution in [1.82, 2.24) is 4.90 Å². The normalized spacial score (nSPS) is 28.5. The van der Waals surface area contributed by atoms with Crippen molar-refractivity contribution in [3.63, 3.8) is 0 Å². The number of likely N-dealkylation sites (tertiary alicyclic amines) is 1. The van der Waals surface area contributed by atoms with Crippen molar-refractivity contribution in [2.24, 2.45) is 11.8 Å². The lowest BCUT2D eigenvalue weighted by Gasteiger charge is -2.20. The number of fused-ring (bicyclic) bond motifs is 1. The van der Waals surface area contributed by atoms with Crippen LogP contribution in [0.4, 0.5) is 5.69 Å². The number of aliphatic hydroxyl groups excluding tert-OH is 1. The van der Waals surface area contributed by atoms with Gasteiger partial charge in [-0.15, -0.1) is 0 Å². The lowest BCUT2D eigenvalue weighted by molar-refractivity contribution is 0.0749. The zero-order valence-corrected chi connectivity index (χ0v) is 11.6. The molecule has 5 heteroatoms. The van der Waals surface area contributed by atoms with Crippen molar-refractivity contribution in [2.75, 3.05) is 25.9 Å². The van der Waals surface area contributed by atoms with Crippen LogP contribution in [0.2, 0.25) is 0 Å². The first-order valence-corrected chi connectivity index (χ1v) is 7.01. The second kappa shape index (κ2) is 4.98. The van der Waals surface area contributed by atoms with E-state index >= 15 is 0 Å². The van der Waals surface area contributed by atoms with Gasteiger partial charge in [0, 0.05) is 19.0 Å². The summed E-state index contributed by atoms with van der Waals surface area (Å²) in [5.74, 6) is 1.04. The minimum absolute atomic E-state index is 0.0595. The number of nitrogens with two attached hydrogens (primary N) is 1. The molecule has 2 aliphatic rings. The predicted molar refractivity (Wildman–Crippen MR) is 75.5 cm³/mol. The number of nitrogen functional groups attached to an aromatic ring is 1. The number of carbonyl (C=O) groups is 1. The average molecular weight is 276 g/mol. The molecule has 1 saturated carbocycles. The van der Waals surface area contributed by atoms with Gasteiger partial charge in [0.2, 0.25) is 0 Å². The molecule has 0 spiro atoms. The highest BCUT2D eigenvalue weighted by Crippen LogP contribution is 2.39. The zero-order valence-electron chi connectivity index (χ0n) is 11.6. The Morgan fingerprint density at radius 2 is 2.20 bits per heavy atom. The summed E-state index contributed by atoms with van der Waals surface area (Å²) in [6, 6.07) is 5.22. The zero-order chi connectivity index (χ0) is 14.3. The number of carbonyl (C=O) groups excluding carboxylic acids is 1. The highest BCUT2D eigenvalue weighted by molar-refractivity contribution is 5.98. The first-order valence-electron chi connectivity index (χ1n) is 7.01. The third-order valence-electron chi connectivity index (χ3n) is 4.59. The molecule has 0 aromatic heterocycles. The van der Waals surface area contributed by atoms with E-state index in [0.29, 0.717) is 29.5 Å². The first-order chi connectivity index (χ1) is 9.61. The number of hydrogen-bond donors (Lipinski definition) is 2. The van der Waals surface area contributed by atoms with Crippen LogP contribution < -0.4 is 10.5 Å². The molecule has 0 bridgehead atoms. The number of nitrogens with zero attached hydrogens (tertiary/aromatic N) is 1. The Morgan fingerprint density at radius 1 is 1.40 bits per heavy atom. The molecule has 5 nitrogen and oxygen atoms in total. The fraction of sp³-hybridized carbons (Fsp3) is 0.533. The third-order valence-corrected chi connectivity index (χ3v) is 4.59. The van der Waals surface area contributed by atoms with Crippen molar-refractivity contribution < 1.29 is 14.6 Å². The van der Waals surface area contributed by atoms with Crippen molar-refractivity contribution in [1.29, 1.82) is 0 Å². The monoisotopic (exact) mass is 276 g/mol. The van der Waals surface area contributed by atoms with Crippen LogP contribution in [-0.2, 0) is 0 Å². The molecule has 0 radical (unpaired) electrons. The van der Waals surface area contributed by atoms with Gasteiger partial charge < -0.3 is 20.5 Å². The first kappa shape index (κ1) is 13.2. The Balaban J connectivity index is 1.82. The van der Waals surface area contributed by atoms with E-state index in [1.807, 2.05) is 4.90 Å². The second-order valence-corrected chi connectivity index (χ2v) is 5.71. The predicted octanol–water partition coefficient (Wildman–Crippen LogP) is 1.12. The Bertz CT molecular complexity index is 532. The molecule has 3 atom stereocenters. The molecule has 1 aromatic carbocycles. The van der Waals surface area contributed by atoms with Crippen molar-refractivity contribution in [3.8, 4) is 5.75 Å². The largest absolute Gasteiger partial charge is 0.494 e. The Hall–Kier alpha value is -1.75. The smallest absolute Gasteiger partial charge is 0.257 e. The molecular formula is C15H20N2O3. The van der Waals surface area contributed by atoms with E-state index < -0.39 is 0 Å². The number of anilines is 1. The van der Waals surface area contributed by atoms with Gasteiger partial charge in [0.25, 0.3) is 5.91 Å². The maximum atomic E-state index is 12.6. The van der Waals surface area contributed by atoms with E-state index in [4.69, 9.17) is 10.5 Å². The number of ether oxygens (including phenoxy) is 1. The molecule has 1 saturated heterocycles. The van der Waals surface area contributed by atoms with Crippen LogP contribution in [0.25, 0.3) is 0 Å². The summed E-state index contributed by atoms with van der Waals surface area (Å²) < 4.78 is 5.25. The van der Waals surface area contributed by atoms with Crippen LogP contribution in [0.5, 0.6) is 5.75 Å². The standard InChI is InChI=1S/C15H20N2O3/c1-20-14-10(3-2-4-12(14)16)15(19)17-7-9-5-6-13(18)11(9)8-17/h2-4,9,11,13,18H,5-8,16H2,1H3. The summed E-state index contributed by atoms with van der Waals surface area (Å²) in [4.78, 5) is 14.4. The summed E-state index contributed by atoms with van der Waals surface area (Å²) >= 11 is 0. The Labute approximate surface area is 118 Å². The summed E-state index contributed by atoms with van der Waals surface area (Å²) in [6.45, 7) is 1.35.